The molecule has 3 saturated heterocycles. The van der Waals surface area contributed by atoms with Crippen molar-refractivity contribution in [1.29, 1.82) is 5.41 Å². The molecule has 3 fully saturated rings. The number of Topliss-reactive ketones (excluding diaryl/α,β-unsaturated/α-hetero) is 1. The summed E-state index contributed by atoms with van der Waals surface area (Å²) in [6.07, 6.45) is -0.0671. The molecule has 0 bridgehead atoms. The number of para-hydroxylation sites is 2. The lowest BCUT2D eigenvalue weighted by molar-refractivity contribution is -0.149. The first-order valence-corrected chi connectivity index (χ1v) is 45.4. The Morgan fingerprint density at radius 2 is 1.11 bits per heavy atom. The maximum absolute atomic E-state index is 15.7. The number of benzene rings is 3. The fourth-order valence-electron chi connectivity index (χ4n) is 16.3. The molecule has 5 heterocycles. The number of nitrogens with one attached hydrogen (secondary N) is 13. The molecule has 3 aliphatic rings. The van der Waals surface area contributed by atoms with Crippen molar-refractivity contribution in [3.05, 3.63) is 102 Å². The highest BCUT2D eigenvalue weighted by atomic mass is 32.2. The lowest BCUT2D eigenvalue weighted by Crippen LogP contribution is -2.61. The van der Waals surface area contributed by atoms with Crippen LogP contribution in [0, 0.1) is 11.3 Å². The zero-order valence-corrected chi connectivity index (χ0v) is 75.8. The molecule has 0 saturated carbocycles. The van der Waals surface area contributed by atoms with Gasteiger partial charge in [0.2, 0.25) is 88.6 Å². The topological polar surface area (TPSA) is 667 Å². The van der Waals surface area contributed by atoms with Crippen LogP contribution in [0.2, 0.25) is 0 Å². The number of aromatic amines is 2. The van der Waals surface area contributed by atoms with Gasteiger partial charge >= 0.3 is 5.97 Å². The number of amides is 15. The van der Waals surface area contributed by atoms with Crippen molar-refractivity contribution >= 4 is 140 Å². The number of thioether (sulfide) groups is 1. The fraction of sp³-hybridized carbons (Fsp3) is 0.545. The molecule has 5 aromatic rings. The Labute approximate surface area is 767 Å². The number of aromatic hydroxyl groups is 1. The molecular weight excluding hydrogens is 1730 g/mol. The third-order valence-corrected chi connectivity index (χ3v) is 24.9. The largest absolute Gasteiger partial charge is 0.508 e. The van der Waals surface area contributed by atoms with Crippen LogP contribution in [0.1, 0.15) is 134 Å². The van der Waals surface area contributed by atoms with E-state index in [4.69, 9.17) is 28.3 Å². The highest BCUT2D eigenvalue weighted by Gasteiger charge is 2.46. The Balaban J connectivity index is 1.19. The molecule has 132 heavy (non-hydrogen) atoms. The number of likely N-dealkylation sites (N-methyl/N-ethyl adjacent to an activating group) is 3. The third-order valence-electron chi connectivity index (χ3n) is 23.9. The quantitative estimate of drug-likeness (QED) is 0.0145. The summed E-state index contributed by atoms with van der Waals surface area (Å²) in [6, 6.07) is -0.518. The van der Waals surface area contributed by atoms with Crippen molar-refractivity contribution in [1.82, 2.24) is 87.6 Å². The normalized spacial score (nSPS) is 25.1. The molecular formula is C88H126N22O21S. The summed E-state index contributed by atoms with van der Waals surface area (Å²) in [5, 5.41) is 77.8. The van der Waals surface area contributed by atoms with Crippen molar-refractivity contribution in [2.24, 2.45) is 28.9 Å². The summed E-state index contributed by atoms with van der Waals surface area (Å²) in [7, 11) is 3.92. The Bertz CT molecular complexity index is 4940. The summed E-state index contributed by atoms with van der Waals surface area (Å²) in [5.74, 6) is -19.3. The second-order valence-electron chi connectivity index (χ2n) is 33.4. The number of carboxylic acid groups (broad SMARTS) is 1. The number of aliphatic carboxylic acids is 1. The first-order chi connectivity index (χ1) is 62.9. The van der Waals surface area contributed by atoms with Gasteiger partial charge in [-0.3, -0.25) is 86.9 Å². The number of nitrogens with two attached hydrogens (primary N) is 4. The smallest absolute Gasteiger partial charge is 0.303 e. The van der Waals surface area contributed by atoms with Crippen LogP contribution >= 0.6 is 11.8 Å². The minimum absolute atomic E-state index is 0.0114. The average molecular weight is 1860 g/mol. The maximum atomic E-state index is 15.7. The molecule has 15 atom stereocenters. The third kappa shape index (κ3) is 29.1. The van der Waals surface area contributed by atoms with Crippen molar-refractivity contribution in [3.8, 4) is 5.75 Å². The monoisotopic (exact) mass is 1860 g/mol. The molecule has 8 rings (SSSR count). The van der Waals surface area contributed by atoms with E-state index in [1.54, 1.807) is 60.9 Å². The van der Waals surface area contributed by atoms with Gasteiger partial charge < -0.3 is 131 Å². The van der Waals surface area contributed by atoms with E-state index >= 15 is 33.6 Å². The number of nitrogens with zero attached hydrogens (tertiary/aromatic N) is 5. The minimum atomic E-state index is -1.89. The molecule has 15 amide bonds. The maximum Gasteiger partial charge on any atom is 0.303 e. The van der Waals surface area contributed by atoms with Crippen LogP contribution in [0.5, 0.6) is 5.75 Å². The number of unbranched alkanes of at least 4 members (excludes halogenated alkanes) is 2. The zero-order chi connectivity index (χ0) is 96.7. The van der Waals surface area contributed by atoms with Crippen molar-refractivity contribution in [3.63, 3.8) is 0 Å². The highest BCUT2D eigenvalue weighted by Crippen LogP contribution is 2.30. The number of H-pyrrole nitrogens is 2. The Hall–Kier alpha value is -12.8. The van der Waals surface area contributed by atoms with E-state index in [-0.39, 0.29) is 89.6 Å². The number of ketones is 1. The number of hydrogen-bond acceptors (Lipinski definition) is 24. The van der Waals surface area contributed by atoms with Gasteiger partial charge in [-0.2, -0.15) is 0 Å². The predicted molar refractivity (Wildman–Crippen MR) is 485 cm³/mol. The molecule has 44 heteroatoms. The van der Waals surface area contributed by atoms with E-state index in [1.807, 2.05) is 13.8 Å². The van der Waals surface area contributed by atoms with Gasteiger partial charge in [0.05, 0.1) is 31.1 Å². The second-order valence-corrected chi connectivity index (χ2v) is 34.5. The number of fused-ring (bicyclic) bond motifs is 4. The summed E-state index contributed by atoms with van der Waals surface area (Å²) in [5.41, 5.74) is 25.9. The van der Waals surface area contributed by atoms with E-state index in [0.717, 1.165) is 36.3 Å². The van der Waals surface area contributed by atoms with Crippen LogP contribution < -0.4 is 76.1 Å². The number of aliphatic hydroxyl groups excluding tert-OH is 2. The van der Waals surface area contributed by atoms with Crippen LogP contribution in [0.4, 0.5) is 0 Å². The van der Waals surface area contributed by atoms with Gasteiger partial charge in [0.25, 0.3) is 0 Å². The molecule has 2 aromatic heterocycles. The molecule has 43 nitrogen and oxygen atoms in total. The first-order valence-electron chi connectivity index (χ1n) is 44.3. The average Bonchev–Trinajstić information content (AvgIpc) is 1.60. The van der Waals surface area contributed by atoms with Crippen molar-refractivity contribution in [2.75, 3.05) is 78.5 Å². The van der Waals surface area contributed by atoms with Crippen molar-refractivity contribution < 1.29 is 102 Å². The number of hydrogen-bond donors (Lipinski definition) is 21. The van der Waals surface area contributed by atoms with E-state index < -0.39 is 260 Å². The first kappa shape index (κ1) is 105. The SMILES string of the molecule is CCCC[C@H]1C(=O)N(C)[C@@H](CCCC)C(=O)N[C@@H](CCCNC(=N)N)C(=O)N[C@H](C(=O)NCC(N)=O)CSCC(=O)N[C@@H](Cc2ccc(O)cc2)C(=O)N(C)[C@@H](C)C(=O)N[C@@H](CCN)C(=O)N2CCC[C@H]2C(=O)N[C@@H](CN)C(=O)N[C@@H](CCC(=O)O)C(=O)N2C[C@H](O)C[C@H]2C(=O)C[C@@H](Cc2c[nH]c3ccccc23)C(=O)N[C@@H](CO)C(=O)N[C@@H](Cc2c[nH]c3ccccc23)C(=O)N1C. The Morgan fingerprint density at radius 1 is 0.561 bits per heavy atom. The van der Waals surface area contributed by atoms with Crippen LogP contribution in [0.3, 0.4) is 0 Å². The summed E-state index contributed by atoms with van der Waals surface area (Å²) in [6.45, 7) is 1.70. The van der Waals surface area contributed by atoms with E-state index in [1.165, 1.54) is 52.3 Å². The van der Waals surface area contributed by atoms with Crippen LogP contribution in [-0.4, -0.2) is 324 Å². The Morgan fingerprint density at radius 3 is 1.73 bits per heavy atom. The number of carbonyl (C=O) groups is 17. The number of rotatable bonds is 26. The van der Waals surface area contributed by atoms with Crippen LogP contribution in [-0.2, 0) is 101 Å². The fourth-order valence-corrected chi connectivity index (χ4v) is 17.2. The number of guanidine groups is 1. The molecule has 3 aliphatic heterocycles. The van der Waals surface area contributed by atoms with Gasteiger partial charge in [0.15, 0.2) is 11.7 Å². The molecule has 0 aliphatic carbocycles. The van der Waals surface area contributed by atoms with E-state index in [0.29, 0.717) is 64.2 Å². The number of aromatic nitrogens is 2. The molecule has 0 radical (unpaired) electrons. The predicted octanol–water partition coefficient (Wildman–Crippen LogP) is -3.55. The number of primary amides is 1. The standard InChI is InChI=1S/C88H126N22O21S/c1-7-9-22-67-81(125)99-59(21-15-33-94-88(92)93)78(122)105-66(77(121)97-43-72(91)115)46-132-47-73(116)98-62(35-49-25-27-53(112)28-26-49)83(127)106(4)48(3)75(119)100-61(31-32-89)85(129)109-34-16-24-68(109)82(126)103-64(40-90)79(123)101-60(29-30-74(117)118)86(130)110-44-54(113)39-70(110)71(114)38-50(36-51-41-95-57-19-13-11-17-55(51)57)76(120)104-65(45-111)80(124)102-63(37-52-42-96-58-20-14-12-18-56(52)58)84(128)108(6)69(23-10-8-2)87(131)107(67)5/h11-14,17-20,25-28,41-42,48,50,54,59-70,95-96,111-113H,7-10,15-16,21-24,29-40,43-47,89-90H2,1-6H3,(H2,91,115)(H,97,121)(H,98,116)(H,99,125)(H,100,119)(H,101,123)(H,102,124)(H,103,126)(H,104,120)(H,105,122)(H,117,118)(H4,92,93,94)/t48-,50+,54+,59-,60-,61-,62-,63-,64-,65-,66-,67-,68-,69-,70-/m0/s1. The second kappa shape index (κ2) is 50.6. The Kier molecular flexibility index (Phi) is 40.0. The molecule has 0 spiro atoms. The number of phenolic OH excluding ortho intramolecular Hbond substituents is 1. The van der Waals surface area contributed by atoms with Gasteiger partial charge in [-0.25, -0.2) is 0 Å². The van der Waals surface area contributed by atoms with Gasteiger partial charge in [-0.15, -0.1) is 11.8 Å². The van der Waals surface area contributed by atoms with Crippen LogP contribution in [0.15, 0.2) is 85.2 Å². The van der Waals surface area contributed by atoms with E-state index in [2.05, 4.69) is 63.1 Å². The number of aliphatic hydroxyl groups is 2. The number of phenols is 1. The minimum Gasteiger partial charge on any atom is -0.508 e. The zero-order valence-electron chi connectivity index (χ0n) is 75.0. The molecule has 0 unspecified atom stereocenters. The molecule has 3 aromatic carbocycles. The molecule has 720 valence electrons. The van der Waals surface area contributed by atoms with Crippen molar-refractivity contribution in [2.45, 2.75) is 221 Å². The van der Waals surface area contributed by atoms with Gasteiger partial charge in [-0.05, 0) is 112 Å². The number of carboxylic acids is 1. The van der Waals surface area contributed by atoms with Gasteiger partial charge in [0, 0.05) is 125 Å². The van der Waals surface area contributed by atoms with Crippen LogP contribution in [0.25, 0.3) is 21.8 Å². The lowest BCUT2D eigenvalue weighted by Gasteiger charge is -2.36. The van der Waals surface area contributed by atoms with E-state index in [9.17, 15) is 68.4 Å². The lowest BCUT2D eigenvalue weighted by atomic mass is 9.90. The molecule has 25 N–H and O–H groups in total. The summed E-state index contributed by atoms with van der Waals surface area (Å²) in [4.78, 5) is 259. The summed E-state index contributed by atoms with van der Waals surface area (Å²) < 4.78 is 0. The van der Waals surface area contributed by atoms with Gasteiger partial charge in [-0.1, -0.05) is 88.1 Å². The summed E-state index contributed by atoms with van der Waals surface area (Å²) >= 11 is 0.772. The number of carbonyl (C=O) groups excluding carboxylic acids is 16. The highest BCUT2D eigenvalue weighted by molar-refractivity contribution is 8.00. The van der Waals surface area contributed by atoms with Gasteiger partial charge in [0.1, 0.15) is 78.3 Å².